The van der Waals surface area contributed by atoms with Gasteiger partial charge in [-0.1, -0.05) is 41.4 Å². The summed E-state index contributed by atoms with van der Waals surface area (Å²) >= 11 is 11.9. The summed E-state index contributed by atoms with van der Waals surface area (Å²) in [7, 11) is 0. The molecular weight excluding hydrogens is 313 g/mol. The Morgan fingerprint density at radius 1 is 1.29 bits per heavy atom. The normalized spacial score (nSPS) is 10.2. The fourth-order valence-electron chi connectivity index (χ4n) is 1.65. The van der Waals surface area contributed by atoms with E-state index in [1.165, 1.54) is 6.07 Å². The summed E-state index contributed by atoms with van der Waals surface area (Å²) in [6.07, 6.45) is 0. The molecule has 2 rings (SSSR count). The van der Waals surface area contributed by atoms with E-state index >= 15 is 0 Å². The molecule has 110 valence electrons. The summed E-state index contributed by atoms with van der Waals surface area (Å²) in [5.41, 5.74) is 0.701. The van der Waals surface area contributed by atoms with Gasteiger partial charge in [-0.15, -0.1) is 0 Å². The SMILES string of the molecule is Cc1c(Cl)cc(NC(=O)COc2ccccc2)c(O)c1Cl. The van der Waals surface area contributed by atoms with Crippen molar-refractivity contribution in [1.82, 2.24) is 0 Å². The Kier molecular flexibility index (Phi) is 4.94. The number of hydrogen-bond donors (Lipinski definition) is 2. The highest BCUT2D eigenvalue weighted by Crippen LogP contribution is 2.38. The fraction of sp³-hybridized carbons (Fsp3) is 0.133. The first-order valence-corrected chi connectivity index (χ1v) is 6.90. The number of phenolic OH excluding ortho intramolecular Hbond substituents is 1. The van der Waals surface area contributed by atoms with Gasteiger partial charge in [0.1, 0.15) is 5.75 Å². The number of carbonyl (C=O) groups excluding carboxylic acids is 1. The van der Waals surface area contributed by atoms with Crippen LogP contribution in [0.25, 0.3) is 0 Å². The fourth-order valence-corrected chi connectivity index (χ4v) is 2.11. The van der Waals surface area contributed by atoms with Crippen molar-refractivity contribution in [1.29, 1.82) is 0 Å². The summed E-state index contributed by atoms with van der Waals surface area (Å²) in [4.78, 5) is 11.8. The van der Waals surface area contributed by atoms with Crippen molar-refractivity contribution < 1.29 is 14.6 Å². The van der Waals surface area contributed by atoms with Gasteiger partial charge >= 0.3 is 0 Å². The third kappa shape index (κ3) is 3.80. The molecule has 0 saturated heterocycles. The molecule has 0 atom stereocenters. The number of halogens is 2. The van der Waals surface area contributed by atoms with Gasteiger partial charge in [-0.2, -0.15) is 0 Å². The van der Waals surface area contributed by atoms with Crippen molar-refractivity contribution in [3.63, 3.8) is 0 Å². The molecule has 0 bridgehead atoms. The summed E-state index contributed by atoms with van der Waals surface area (Å²) in [6.45, 7) is 1.49. The molecule has 0 spiro atoms. The lowest BCUT2D eigenvalue weighted by Gasteiger charge is -2.12. The third-order valence-corrected chi connectivity index (χ3v) is 3.66. The number of phenols is 1. The number of benzene rings is 2. The number of anilines is 1. The van der Waals surface area contributed by atoms with Crippen LogP contribution in [0.4, 0.5) is 5.69 Å². The topological polar surface area (TPSA) is 58.6 Å². The smallest absolute Gasteiger partial charge is 0.262 e. The first kappa shape index (κ1) is 15.5. The Morgan fingerprint density at radius 2 is 1.95 bits per heavy atom. The van der Waals surface area contributed by atoms with Gasteiger partial charge in [0, 0.05) is 5.02 Å². The van der Waals surface area contributed by atoms with Gasteiger partial charge in [0.05, 0.1) is 10.7 Å². The molecule has 4 nitrogen and oxygen atoms in total. The van der Waals surface area contributed by atoms with Gasteiger partial charge in [0.2, 0.25) is 0 Å². The molecule has 0 fully saturated rings. The molecule has 21 heavy (non-hydrogen) atoms. The monoisotopic (exact) mass is 325 g/mol. The minimum absolute atomic E-state index is 0.113. The largest absolute Gasteiger partial charge is 0.504 e. The van der Waals surface area contributed by atoms with Crippen molar-refractivity contribution in [2.75, 3.05) is 11.9 Å². The van der Waals surface area contributed by atoms with Crippen LogP contribution in [0, 0.1) is 6.92 Å². The van der Waals surface area contributed by atoms with E-state index < -0.39 is 5.91 Å². The lowest BCUT2D eigenvalue weighted by Crippen LogP contribution is -2.20. The van der Waals surface area contributed by atoms with Gasteiger partial charge in [-0.3, -0.25) is 4.79 Å². The van der Waals surface area contributed by atoms with Crippen LogP contribution in [0.2, 0.25) is 10.0 Å². The van der Waals surface area contributed by atoms with Gasteiger partial charge in [0.15, 0.2) is 12.4 Å². The molecule has 0 aliphatic carbocycles. The van der Waals surface area contributed by atoms with Crippen LogP contribution in [-0.4, -0.2) is 17.6 Å². The van der Waals surface area contributed by atoms with Gasteiger partial charge in [-0.05, 0) is 30.7 Å². The molecule has 0 unspecified atom stereocenters. The number of rotatable bonds is 4. The Hall–Kier alpha value is -1.91. The van der Waals surface area contributed by atoms with E-state index in [9.17, 15) is 9.90 Å². The van der Waals surface area contributed by atoms with E-state index in [0.29, 0.717) is 16.3 Å². The zero-order valence-electron chi connectivity index (χ0n) is 11.2. The maximum Gasteiger partial charge on any atom is 0.262 e. The van der Waals surface area contributed by atoms with Crippen LogP contribution in [0.5, 0.6) is 11.5 Å². The zero-order chi connectivity index (χ0) is 15.4. The van der Waals surface area contributed by atoms with Crippen molar-refractivity contribution in [2.45, 2.75) is 6.92 Å². The minimum Gasteiger partial charge on any atom is -0.504 e. The van der Waals surface area contributed by atoms with E-state index in [0.717, 1.165) is 0 Å². The highest BCUT2D eigenvalue weighted by Gasteiger charge is 2.14. The second-order valence-electron chi connectivity index (χ2n) is 4.34. The Bertz CT molecular complexity index is 660. The van der Waals surface area contributed by atoms with Crippen molar-refractivity contribution in [3.05, 3.63) is 52.0 Å². The first-order chi connectivity index (χ1) is 9.99. The summed E-state index contributed by atoms with van der Waals surface area (Å²) in [5.74, 6) is -0.0615. The van der Waals surface area contributed by atoms with E-state index in [1.54, 1.807) is 31.2 Å². The lowest BCUT2D eigenvalue weighted by molar-refractivity contribution is -0.118. The van der Waals surface area contributed by atoms with E-state index in [2.05, 4.69) is 5.32 Å². The van der Waals surface area contributed by atoms with E-state index in [1.807, 2.05) is 6.07 Å². The van der Waals surface area contributed by atoms with Crippen LogP contribution >= 0.6 is 23.2 Å². The molecule has 0 saturated carbocycles. The average molecular weight is 326 g/mol. The number of para-hydroxylation sites is 1. The van der Waals surface area contributed by atoms with Crippen LogP contribution < -0.4 is 10.1 Å². The number of hydrogen-bond acceptors (Lipinski definition) is 3. The number of ether oxygens (including phenoxy) is 1. The molecule has 2 aromatic carbocycles. The predicted octanol–water partition coefficient (Wildman–Crippen LogP) is 4.02. The molecule has 2 N–H and O–H groups in total. The predicted molar refractivity (Wildman–Crippen MR) is 83.4 cm³/mol. The summed E-state index contributed by atoms with van der Waals surface area (Å²) in [5, 5.41) is 12.9. The van der Waals surface area contributed by atoms with Crippen LogP contribution in [0.1, 0.15) is 5.56 Å². The second kappa shape index (κ2) is 6.70. The number of nitrogens with one attached hydrogen (secondary N) is 1. The highest BCUT2D eigenvalue weighted by molar-refractivity contribution is 6.37. The van der Waals surface area contributed by atoms with Crippen LogP contribution in [0.3, 0.4) is 0 Å². The molecular formula is C15H13Cl2NO3. The maximum absolute atomic E-state index is 11.8. The van der Waals surface area contributed by atoms with E-state index in [4.69, 9.17) is 27.9 Å². The van der Waals surface area contributed by atoms with Gasteiger partial charge < -0.3 is 15.2 Å². The zero-order valence-corrected chi connectivity index (χ0v) is 12.7. The number of amides is 1. The van der Waals surface area contributed by atoms with Gasteiger partial charge in [-0.25, -0.2) is 0 Å². The third-order valence-electron chi connectivity index (χ3n) is 2.81. The second-order valence-corrected chi connectivity index (χ2v) is 5.13. The molecule has 0 aromatic heterocycles. The van der Waals surface area contributed by atoms with E-state index in [-0.39, 0.29) is 23.1 Å². The standard InChI is InChI=1S/C15H13Cl2NO3/c1-9-11(16)7-12(15(20)14(9)17)18-13(19)8-21-10-5-3-2-4-6-10/h2-7,20H,8H2,1H3,(H,18,19). The Labute approximate surface area is 132 Å². The molecule has 2 aromatic rings. The average Bonchev–Trinajstić information content (AvgIpc) is 2.49. The Balaban J connectivity index is 2.03. The van der Waals surface area contributed by atoms with Crippen molar-refractivity contribution in [2.24, 2.45) is 0 Å². The molecule has 0 aliphatic heterocycles. The molecule has 6 heteroatoms. The summed E-state index contributed by atoms with van der Waals surface area (Å²) in [6, 6.07) is 10.4. The highest BCUT2D eigenvalue weighted by atomic mass is 35.5. The first-order valence-electron chi connectivity index (χ1n) is 6.14. The molecule has 0 radical (unpaired) electrons. The Morgan fingerprint density at radius 3 is 2.62 bits per heavy atom. The van der Waals surface area contributed by atoms with Crippen LogP contribution in [-0.2, 0) is 4.79 Å². The van der Waals surface area contributed by atoms with Crippen LogP contribution in [0.15, 0.2) is 36.4 Å². The quantitative estimate of drug-likeness (QED) is 0.834. The molecule has 0 heterocycles. The molecule has 1 amide bonds. The van der Waals surface area contributed by atoms with Crippen molar-refractivity contribution >= 4 is 34.8 Å². The van der Waals surface area contributed by atoms with Gasteiger partial charge in [0.25, 0.3) is 5.91 Å². The molecule has 0 aliphatic rings. The minimum atomic E-state index is -0.426. The summed E-state index contributed by atoms with van der Waals surface area (Å²) < 4.78 is 5.30. The lowest BCUT2D eigenvalue weighted by atomic mass is 10.2. The number of carbonyl (C=O) groups is 1. The van der Waals surface area contributed by atoms with Crippen molar-refractivity contribution in [3.8, 4) is 11.5 Å². The number of aromatic hydroxyl groups is 1. The maximum atomic E-state index is 11.8.